The summed E-state index contributed by atoms with van der Waals surface area (Å²) >= 11 is 1.70. The fourth-order valence-electron chi connectivity index (χ4n) is 4.07. The van der Waals surface area contributed by atoms with E-state index in [4.69, 9.17) is 4.74 Å². The lowest BCUT2D eigenvalue weighted by molar-refractivity contribution is -0.147. The van der Waals surface area contributed by atoms with Crippen LogP contribution in [0.5, 0.6) is 0 Å². The standard InChI is InChI=1S/C17H25NO2S.ClH/c1-20-16(19)17(15-6-5-11-21-15)8-7-14(12-17)13-18-9-3-2-4-10-18;/h5-6,11,14H,2-4,7-10,12-13H2,1H3;1H. The Hall–Kier alpha value is -0.580. The highest BCUT2D eigenvalue weighted by atomic mass is 35.5. The van der Waals surface area contributed by atoms with Gasteiger partial charge in [0, 0.05) is 11.4 Å². The normalized spacial score (nSPS) is 29.0. The van der Waals surface area contributed by atoms with Crippen molar-refractivity contribution in [3.8, 4) is 0 Å². The summed E-state index contributed by atoms with van der Waals surface area (Å²) in [7, 11) is 1.52. The first kappa shape index (κ1) is 17.8. The number of halogens is 1. The number of rotatable bonds is 4. The van der Waals surface area contributed by atoms with Gasteiger partial charge in [-0.3, -0.25) is 4.79 Å². The van der Waals surface area contributed by atoms with Crippen LogP contribution in [-0.4, -0.2) is 37.6 Å². The molecule has 0 spiro atoms. The third-order valence-electron chi connectivity index (χ3n) is 5.15. The van der Waals surface area contributed by atoms with Crippen LogP contribution >= 0.6 is 23.7 Å². The van der Waals surface area contributed by atoms with Crippen LogP contribution in [0.1, 0.15) is 43.4 Å². The predicted octanol–water partition coefficient (Wildman–Crippen LogP) is 3.87. The lowest BCUT2D eigenvalue weighted by Crippen LogP contribution is -2.36. The van der Waals surface area contributed by atoms with Crippen LogP contribution in [0.15, 0.2) is 17.5 Å². The Morgan fingerprint density at radius 1 is 1.41 bits per heavy atom. The molecule has 124 valence electrons. The molecule has 0 aromatic carbocycles. The molecule has 2 aliphatic rings. The van der Waals surface area contributed by atoms with Gasteiger partial charge in [0.2, 0.25) is 0 Å². The molecule has 0 radical (unpaired) electrons. The molecule has 1 aromatic rings. The number of esters is 1. The second-order valence-electron chi connectivity index (χ2n) is 6.52. The molecular formula is C17H26ClNO2S. The van der Waals surface area contributed by atoms with E-state index in [1.807, 2.05) is 6.07 Å². The molecule has 22 heavy (non-hydrogen) atoms. The number of hydrogen-bond donors (Lipinski definition) is 0. The van der Waals surface area contributed by atoms with E-state index >= 15 is 0 Å². The van der Waals surface area contributed by atoms with E-state index in [1.165, 1.54) is 44.3 Å². The van der Waals surface area contributed by atoms with E-state index in [1.54, 1.807) is 11.3 Å². The topological polar surface area (TPSA) is 29.5 Å². The minimum atomic E-state index is -0.372. The third-order valence-corrected chi connectivity index (χ3v) is 6.22. The second kappa shape index (κ2) is 7.80. The molecule has 2 unspecified atom stereocenters. The van der Waals surface area contributed by atoms with Gasteiger partial charge in [-0.05, 0) is 62.6 Å². The number of carbonyl (C=O) groups excluding carboxylic acids is 1. The summed E-state index contributed by atoms with van der Waals surface area (Å²) in [6, 6.07) is 4.15. The zero-order valence-electron chi connectivity index (χ0n) is 13.3. The molecule has 0 amide bonds. The molecule has 2 atom stereocenters. The Bertz CT molecular complexity index is 473. The summed E-state index contributed by atoms with van der Waals surface area (Å²) in [5.74, 6) is 0.593. The minimum absolute atomic E-state index is 0. The van der Waals surface area contributed by atoms with Crippen molar-refractivity contribution in [3.05, 3.63) is 22.4 Å². The van der Waals surface area contributed by atoms with Gasteiger partial charge in [-0.1, -0.05) is 12.5 Å². The van der Waals surface area contributed by atoms with Crippen LogP contribution in [-0.2, 0) is 14.9 Å². The van der Waals surface area contributed by atoms with Gasteiger partial charge >= 0.3 is 5.97 Å². The van der Waals surface area contributed by atoms with Crippen molar-refractivity contribution >= 4 is 29.7 Å². The van der Waals surface area contributed by atoms with Crippen molar-refractivity contribution in [2.24, 2.45) is 5.92 Å². The van der Waals surface area contributed by atoms with E-state index in [-0.39, 0.29) is 23.8 Å². The zero-order valence-corrected chi connectivity index (χ0v) is 14.9. The Balaban J connectivity index is 0.00000176. The quantitative estimate of drug-likeness (QED) is 0.777. The second-order valence-corrected chi connectivity index (χ2v) is 7.47. The largest absolute Gasteiger partial charge is 0.468 e. The Labute approximate surface area is 143 Å². The first-order chi connectivity index (χ1) is 10.2. The van der Waals surface area contributed by atoms with Crippen molar-refractivity contribution in [2.45, 2.75) is 43.9 Å². The van der Waals surface area contributed by atoms with Crippen molar-refractivity contribution < 1.29 is 9.53 Å². The molecular weight excluding hydrogens is 318 g/mol. The van der Waals surface area contributed by atoms with E-state index in [0.29, 0.717) is 5.92 Å². The first-order valence-corrected chi connectivity index (χ1v) is 8.97. The molecule has 2 fully saturated rings. The molecule has 5 heteroatoms. The van der Waals surface area contributed by atoms with Gasteiger partial charge in [0.1, 0.15) is 5.41 Å². The zero-order chi connectivity index (χ0) is 14.7. The van der Waals surface area contributed by atoms with Gasteiger partial charge in [0.25, 0.3) is 0 Å². The molecule has 3 nitrogen and oxygen atoms in total. The molecule has 3 rings (SSSR count). The molecule has 1 saturated heterocycles. The molecule has 0 bridgehead atoms. The van der Waals surface area contributed by atoms with Gasteiger partial charge in [-0.2, -0.15) is 0 Å². The lowest BCUT2D eigenvalue weighted by Gasteiger charge is -2.30. The smallest absolute Gasteiger partial charge is 0.317 e. The highest BCUT2D eigenvalue weighted by molar-refractivity contribution is 7.10. The number of piperidine rings is 1. The lowest BCUT2D eigenvalue weighted by atomic mass is 9.83. The van der Waals surface area contributed by atoms with Crippen LogP contribution in [0.3, 0.4) is 0 Å². The fourth-order valence-corrected chi connectivity index (χ4v) is 5.02. The summed E-state index contributed by atoms with van der Waals surface area (Å²) in [6.07, 6.45) is 7.08. The summed E-state index contributed by atoms with van der Waals surface area (Å²) < 4.78 is 5.15. The minimum Gasteiger partial charge on any atom is -0.468 e. The number of methoxy groups -OCH3 is 1. The van der Waals surface area contributed by atoms with Gasteiger partial charge < -0.3 is 9.64 Å². The average Bonchev–Trinajstić information content (AvgIpc) is 3.17. The van der Waals surface area contributed by atoms with Crippen molar-refractivity contribution in [2.75, 3.05) is 26.7 Å². The van der Waals surface area contributed by atoms with Crippen LogP contribution in [0.4, 0.5) is 0 Å². The number of thiophene rings is 1. The monoisotopic (exact) mass is 343 g/mol. The third kappa shape index (κ3) is 3.50. The van der Waals surface area contributed by atoms with Crippen molar-refractivity contribution in [1.29, 1.82) is 0 Å². The SMILES string of the molecule is COC(=O)C1(c2cccs2)CCC(CN2CCCCC2)C1.Cl. The molecule has 0 N–H and O–H groups in total. The van der Waals surface area contributed by atoms with Crippen LogP contribution in [0, 0.1) is 5.92 Å². The molecule has 1 aliphatic carbocycles. The number of likely N-dealkylation sites (tertiary alicyclic amines) is 1. The Morgan fingerprint density at radius 2 is 2.18 bits per heavy atom. The maximum Gasteiger partial charge on any atom is 0.317 e. The summed E-state index contributed by atoms with van der Waals surface area (Å²) in [5, 5.41) is 2.07. The number of carbonyl (C=O) groups is 1. The van der Waals surface area contributed by atoms with Gasteiger partial charge in [-0.25, -0.2) is 0 Å². The summed E-state index contributed by atoms with van der Waals surface area (Å²) in [6.45, 7) is 3.63. The van der Waals surface area contributed by atoms with E-state index in [9.17, 15) is 4.79 Å². The van der Waals surface area contributed by atoms with E-state index in [2.05, 4.69) is 16.3 Å². The molecule has 1 aliphatic heterocycles. The van der Waals surface area contributed by atoms with Crippen LogP contribution < -0.4 is 0 Å². The van der Waals surface area contributed by atoms with Gasteiger partial charge in [0.15, 0.2) is 0 Å². The first-order valence-electron chi connectivity index (χ1n) is 8.09. The van der Waals surface area contributed by atoms with Crippen LogP contribution in [0.25, 0.3) is 0 Å². The highest BCUT2D eigenvalue weighted by Gasteiger charge is 2.48. The fraction of sp³-hybridized carbons (Fsp3) is 0.706. The van der Waals surface area contributed by atoms with Crippen molar-refractivity contribution in [1.82, 2.24) is 4.90 Å². The molecule has 1 aromatic heterocycles. The van der Waals surface area contributed by atoms with Crippen molar-refractivity contribution in [3.63, 3.8) is 0 Å². The summed E-state index contributed by atoms with van der Waals surface area (Å²) in [4.78, 5) is 16.2. The number of hydrogen-bond acceptors (Lipinski definition) is 4. The Kier molecular flexibility index (Phi) is 6.30. The van der Waals surface area contributed by atoms with Gasteiger partial charge in [-0.15, -0.1) is 23.7 Å². The molecule has 1 saturated carbocycles. The van der Waals surface area contributed by atoms with Gasteiger partial charge in [0.05, 0.1) is 7.11 Å². The maximum absolute atomic E-state index is 12.4. The highest BCUT2D eigenvalue weighted by Crippen LogP contribution is 2.47. The van der Waals surface area contributed by atoms with E-state index in [0.717, 1.165) is 25.8 Å². The number of nitrogens with zero attached hydrogens (tertiary/aromatic N) is 1. The maximum atomic E-state index is 12.4. The Morgan fingerprint density at radius 3 is 2.82 bits per heavy atom. The number of ether oxygens (including phenoxy) is 1. The summed E-state index contributed by atoms with van der Waals surface area (Å²) in [5.41, 5.74) is -0.372. The average molecular weight is 344 g/mol. The van der Waals surface area contributed by atoms with E-state index < -0.39 is 0 Å². The molecule has 2 heterocycles. The predicted molar refractivity (Wildman–Crippen MR) is 92.9 cm³/mol. The van der Waals surface area contributed by atoms with Crippen LogP contribution in [0.2, 0.25) is 0 Å².